The molecule has 1 aliphatic heterocycles. The van der Waals surface area contributed by atoms with Gasteiger partial charge in [-0.2, -0.15) is 15.0 Å². The Bertz CT molecular complexity index is 1280. The van der Waals surface area contributed by atoms with Crippen LogP contribution in [0.1, 0.15) is 39.8 Å². The van der Waals surface area contributed by atoms with E-state index in [1.807, 2.05) is 49.1 Å². The van der Waals surface area contributed by atoms with Gasteiger partial charge in [0.15, 0.2) is 0 Å². The molecule has 0 bridgehead atoms. The van der Waals surface area contributed by atoms with Gasteiger partial charge in [0.2, 0.25) is 0 Å². The van der Waals surface area contributed by atoms with E-state index in [9.17, 15) is 4.79 Å². The number of likely N-dealkylation sites (tertiary alicyclic amines) is 1. The minimum Gasteiger partial charge on any atom is -0.340 e. The number of amides is 1. The molecule has 1 atom stereocenters. The highest BCUT2D eigenvalue weighted by atomic mass is 35.5. The van der Waals surface area contributed by atoms with Gasteiger partial charge < -0.3 is 9.88 Å². The number of nitrogens with zero attached hydrogens (tertiary/aromatic N) is 5. The summed E-state index contributed by atoms with van der Waals surface area (Å²) in [5.41, 5.74) is 5.83. The number of aryl methyl sites for hydroxylation is 2. The largest absolute Gasteiger partial charge is 0.340 e. The summed E-state index contributed by atoms with van der Waals surface area (Å²) in [5.74, 6) is 0.629. The fourth-order valence-electron chi connectivity index (χ4n) is 4.06. The van der Waals surface area contributed by atoms with E-state index < -0.39 is 0 Å². The van der Waals surface area contributed by atoms with E-state index in [0.29, 0.717) is 29.2 Å². The Hall–Kier alpha value is -3.45. The molecule has 0 radical (unpaired) electrons. The summed E-state index contributed by atoms with van der Waals surface area (Å²) < 4.78 is 0. The average molecular weight is 433 g/mol. The molecule has 0 saturated carbocycles. The minimum absolute atomic E-state index is 0.102. The Morgan fingerprint density at radius 1 is 1.19 bits per heavy atom. The van der Waals surface area contributed by atoms with Crippen molar-refractivity contribution in [1.29, 1.82) is 0 Å². The minimum atomic E-state index is -0.231. The second-order valence-corrected chi connectivity index (χ2v) is 8.39. The zero-order valence-electron chi connectivity index (χ0n) is 17.3. The van der Waals surface area contributed by atoms with Crippen LogP contribution in [-0.4, -0.2) is 42.3 Å². The number of nitrogens with one attached hydrogen (secondary N) is 1. The first-order valence-corrected chi connectivity index (χ1v) is 10.4. The van der Waals surface area contributed by atoms with E-state index in [1.165, 1.54) is 4.80 Å². The topological polar surface area (TPSA) is 79.7 Å². The number of halogens is 1. The molecule has 1 amide bonds. The van der Waals surface area contributed by atoms with Crippen LogP contribution in [0.3, 0.4) is 0 Å². The number of benzene rings is 2. The molecule has 2 aromatic heterocycles. The summed E-state index contributed by atoms with van der Waals surface area (Å²) >= 11 is 6.27. The Morgan fingerprint density at radius 2 is 1.97 bits per heavy atom. The molecular weight excluding hydrogens is 412 g/mol. The number of aromatic nitrogens is 5. The van der Waals surface area contributed by atoms with Crippen LogP contribution < -0.4 is 0 Å². The molecule has 3 heterocycles. The Labute approximate surface area is 184 Å². The first-order chi connectivity index (χ1) is 14.9. The molecule has 31 heavy (non-hydrogen) atoms. The van der Waals surface area contributed by atoms with Gasteiger partial charge in [-0.25, -0.2) is 4.98 Å². The van der Waals surface area contributed by atoms with Crippen LogP contribution in [0.5, 0.6) is 0 Å². The number of aromatic amines is 1. The van der Waals surface area contributed by atoms with Gasteiger partial charge in [-0.15, -0.1) is 0 Å². The van der Waals surface area contributed by atoms with E-state index >= 15 is 0 Å². The molecular formula is C23H21ClN6O. The van der Waals surface area contributed by atoms with E-state index in [0.717, 1.165) is 33.6 Å². The van der Waals surface area contributed by atoms with Crippen molar-refractivity contribution in [2.75, 3.05) is 6.54 Å². The number of hydrogen-bond donors (Lipinski definition) is 1. The molecule has 1 saturated heterocycles. The van der Waals surface area contributed by atoms with Gasteiger partial charge in [-0.1, -0.05) is 35.4 Å². The van der Waals surface area contributed by atoms with E-state index in [1.54, 1.807) is 12.4 Å². The van der Waals surface area contributed by atoms with Gasteiger partial charge in [0, 0.05) is 11.6 Å². The van der Waals surface area contributed by atoms with E-state index in [-0.39, 0.29) is 11.9 Å². The highest BCUT2D eigenvalue weighted by Gasteiger charge is 2.35. The number of hydrogen-bond acceptors (Lipinski definition) is 4. The van der Waals surface area contributed by atoms with E-state index in [2.05, 4.69) is 21.8 Å². The summed E-state index contributed by atoms with van der Waals surface area (Å²) in [4.78, 5) is 25.1. The van der Waals surface area contributed by atoms with Gasteiger partial charge in [-0.05, 0) is 50.1 Å². The van der Waals surface area contributed by atoms with Crippen molar-refractivity contribution in [3.05, 3.63) is 82.4 Å². The maximum absolute atomic E-state index is 13.7. The van der Waals surface area contributed by atoms with E-state index in [4.69, 9.17) is 16.6 Å². The number of rotatable bonds is 3. The molecule has 0 spiro atoms. The third kappa shape index (κ3) is 3.41. The Balaban J connectivity index is 1.56. The number of imidazole rings is 1. The van der Waals surface area contributed by atoms with Crippen LogP contribution in [0, 0.1) is 13.8 Å². The molecule has 0 aliphatic carbocycles. The number of fused-ring (bicyclic) bond motifs is 1. The molecule has 4 aromatic rings. The van der Waals surface area contributed by atoms with Crippen molar-refractivity contribution in [2.45, 2.75) is 26.3 Å². The molecule has 1 aliphatic rings. The lowest BCUT2D eigenvalue weighted by Crippen LogP contribution is -2.32. The molecule has 156 valence electrons. The zero-order valence-corrected chi connectivity index (χ0v) is 18.0. The smallest absolute Gasteiger partial charge is 0.257 e. The summed E-state index contributed by atoms with van der Waals surface area (Å²) in [6, 6.07) is 9.29. The van der Waals surface area contributed by atoms with Gasteiger partial charge in [0.25, 0.3) is 5.91 Å². The van der Waals surface area contributed by atoms with Crippen molar-refractivity contribution in [1.82, 2.24) is 29.9 Å². The quantitative estimate of drug-likeness (QED) is 0.481. The first-order valence-electron chi connectivity index (χ1n) is 10.0. The average Bonchev–Trinajstić information content (AvgIpc) is 3.47. The van der Waals surface area contributed by atoms with Gasteiger partial charge >= 0.3 is 0 Å². The van der Waals surface area contributed by atoms with Crippen LogP contribution in [0.4, 0.5) is 0 Å². The number of carbonyl (C=O) groups is 1. The maximum atomic E-state index is 13.7. The normalized spacial score (nSPS) is 16.4. The highest BCUT2D eigenvalue weighted by molar-refractivity contribution is 6.32. The fraction of sp³-hybridized carbons (Fsp3) is 0.217. The van der Waals surface area contributed by atoms with Crippen molar-refractivity contribution in [3.8, 4) is 5.69 Å². The molecule has 5 rings (SSSR count). The molecule has 8 heteroatoms. The standard InChI is InChI=1S/C23H21ClN6O/c1-13-4-5-20(30-25-6-7-26-30)16(8-13)23(31)29-12-14(2)9-21(29)22-27-18-10-15(3)17(24)11-19(18)28-22/h4-8,10-11,21H,2,9,12H2,1,3H3,(H,27,28). The van der Waals surface area contributed by atoms with Crippen LogP contribution in [0.15, 0.2) is 54.9 Å². The number of H-pyrrole nitrogens is 1. The third-order valence-electron chi connectivity index (χ3n) is 5.63. The van der Waals surface area contributed by atoms with Crippen molar-refractivity contribution in [3.63, 3.8) is 0 Å². The molecule has 1 fully saturated rings. The lowest BCUT2D eigenvalue weighted by atomic mass is 10.1. The zero-order chi connectivity index (χ0) is 21.7. The van der Waals surface area contributed by atoms with Crippen LogP contribution in [0.2, 0.25) is 5.02 Å². The third-order valence-corrected chi connectivity index (χ3v) is 6.03. The Morgan fingerprint density at radius 3 is 2.74 bits per heavy atom. The second-order valence-electron chi connectivity index (χ2n) is 7.98. The first kappa shape index (κ1) is 19.5. The Kier molecular flexibility index (Phi) is 4.63. The monoisotopic (exact) mass is 432 g/mol. The summed E-state index contributed by atoms with van der Waals surface area (Å²) in [7, 11) is 0. The van der Waals surface area contributed by atoms with Gasteiger partial charge in [0.1, 0.15) is 5.82 Å². The van der Waals surface area contributed by atoms with Gasteiger partial charge in [0.05, 0.1) is 40.7 Å². The molecule has 2 aromatic carbocycles. The molecule has 1 unspecified atom stereocenters. The predicted molar refractivity (Wildman–Crippen MR) is 119 cm³/mol. The van der Waals surface area contributed by atoms with Crippen molar-refractivity contribution < 1.29 is 4.79 Å². The molecule has 1 N–H and O–H groups in total. The predicted octanol–water partition coefficient (Wildman–Crippen LogP) is 4.56. The maximum Gasteiger partial charge on any atom is 0.257 e. The van der Waals surface area contributed by atoms with Gasteiger partial charge in [-0.3, -0.25) is 4.79 Å². The fourth-order valence-corrected chi connectivity index (χ4v) is 4.22. The second kappa shape index (κ2) is 7.35. The summed E-state index contributed by atoms with van der Waals surface area (Å²) in [5, 5.41) is 9.09. The lowest BCUT2D eigenvalue weighted by Gasteiger charge is -2.24. The molecule has 7 nitrogen and oxygen atoms in total. The summed E-state index contributed by atoms with van der Waals surface area (Å²) in [6.07, 6.45) is 3.84. The number of carbonyl (C=O) groups excluding carboxylic acids is 1. The van der Waals surface area contributed by atoms with Crippen LogP contribution in [-0.2, 0) is 0 Å². The SMILES string of the molecule is C=C1CC(c2nc3cc(Cl)c(C)cc3[nH]2)N(C(=O)c2cc(C)ccc2-n2nccn2)C1. The lowest BCUT2D eigenvalue weighted by molar-refractivity contribution is 0.0732. The van der Waals surface area contributed by atoms with Crippen molar-refractivity contribution in [2.24, 2.45) is 0 Å². The highest BCUT2D eigenvalue weighted by Crippen LogP contribution is 2.36. The van der Waals surface area contributed by atoms with Crippen LogP contribution in [0.25, 0.3) is 16.7 Å². The van der Waals surface area contributed by atoms with Crippen LogP contribution >= 0.6 is 11.6 Å². The summed E-state index contributed by atoms with van der Waals surface area (Å²) in [6.45, 7) is 8.53. The van der Waals surface area contributed by atoms with Crippen molar-refractivity contribution >= 4 is 28.5 Å².